The van der Waals surface area contributed by atoms with Crippen molar-refractivity contribution in [3.8, 4) is 0 Å². The minimum atomic E-state index is -2.79. The molecule has 0 fully saturated rings. The molecule has 0 aliphatic heterocycles. The van der Waals surface area contributed by atoms with Gasteiger partial charge >= 0.3 is 5.97 Å². The van der Waals surface area contributed by atoms with Gasteiger partial charge in [-0.25, -0.2) is 13.6 Å². The van der Waals surface area contributed by atoms with E-state index in [-0.39, 0.29) is 23.3 Å². The average Bonchev–Trinajstić information content (AvgIpc) is 2.26. The molecule has 1 aromatic rings. The molecule has 98 valence electrons. The highest BCUT2D eigenvalue weighted by atomic mass is 19.3. The lowest BCUT2D eigenvalue weighted by molar-refractivity contribution is -0.147. The normalized spacial score (nSPS) is 12.5. The van der Waals surface area contributed by atoms with Crippen LogP contribution >= 0.6 is 0 Å². The summed E-state index contributed by atoms with van der Waals surface area (Å²) in [5, 5.41) is 18.0. The predicted octanol–water partition coefficient (Wildman–Crippen LogP) is 1.87. The van der Waals surface area contributed by atoms with Gasteiger partial charge in [-0.05, 0) is 30.2 Å². The fourth-order valence-electron chi connectivity index (χ4n) is 1.56. The first kappa shape index (κ1) is 14.2. The molecule has 1 unspecified atom stereocenters. The molecule has 1 rings (SSSR count). The molecule has 0 aromatic heterocycles. The van der Waals surface area contributed by atoms with Crippen LogP contribution in [0.15, 0.2) is 18.2 Å². The number of carbonyl (C=O) groups is 2. The molecule has 0 radical (unpaired) electrons. The van der Waals surface area contributed by atoms with Crippen LogP contribution in [-0.2, 0) is 16.0 Å². The minimum absolute atomic E-state index is 0.0834. The molecule has 1 atom stereocenters. The van der Waals surface area contributed by atoms with Gasteiger partial charge in [0.1, 0.15) is 5.78 Å². The van der Waals surface area contributed by atoms with Crippen LogP contribution < -0.4 is 0 Å². The number of Topliss-reactive ketones (excluding diaryl/α,β-unsaturated/α-hetero) is 1. The summed E-state index contributed by atoms with van der Waals surface area (Å²) in [5.74, 6) is -1.77. The topological polar surface area (TPSA) is 74.6 Å². The maximum atomic E-state index is 12.6. The number of benzene rings is 1. The van der Waals surface area contributed by atoms with Gasteiger partial charge in [-0.15, -0.1) is 0 Å². The van der Waals surface area contributed by atoms with Crippen molar-refractivity contribution in [2.45, 2.75) is 25.9 Å². The fourth-order valence-corrected chi connectivity index (χ4v) is 1.56. The minimum Gasteiger partial charge on any atom is -0.479 e. The largest absolute Gasteiger partial charge is 0.479 e. The summed E-state index contributed by atoms with van der Waals surface area (Å²) in [6.45, 7) is 1.29. The first-order chi connectivity index (χ1) is 8.31. The molecule has 0 saturated carbocycles. The Morgan fingerprint density at radius 2 is 1.78 bits per heavy atom. The highest BCUT2D eigenvalue weighted by Crippen LogP contribution is 2.25. The lowest BCUT2D eigenvalue weighted by atomic mass is 9.99. The predicted molar refractivity (Wildman–Crippen MR) is 58.4 cm³/mol. The maximum Gasteiger partial charge on any atom is 0.337 e. The summed E-state index contributed by atoms with van der Waals surface area (Å²) in [6.07, 6.45) is -4.76. The van der Waals surface area contributed by atoms with E-state index in [1.807, 2.05) is 0 Å². The summed E-state index contributed by atoms with van der Waals surface area (Å²) in [5.41, 5.74) is -0.309. The number of alkyl halides is 2. The zero-order valence-corrected chi connectivity index (χ0v) is 9.56. The molecular formula is C12H12F2O4. The lowest BCUT2D eigenvalue weighted by Crippen LogP contribution is -2.12. The molecule has 0 saturated heterocycles. The summed E-state index contributed by atoms with van der Waals surface area (Å²) < 4.78 is 25.2. The number of aliphatic hydroxyl groups excluding tert-OH is 1. The second-order valence-electron chi connectivity index (χ2n) is 3.93. The Labute approximate surface area is 102 Å². The second kappa shape index (κ2) is 5.68. The Hall–Kier alpha value is -1.82. The van der Waals surface area contributed by atoms with Crippen LogP contribution in [0.25, 0.3) is 0 Å². The van der Waals surface area contributed by atoms with Crippen molar-refractivity contribution in [3.63, 3.8) is 0 Å². The summed E-state index contributed by atoms with van der Waals surface area (Å²) in [7, 11) is 0. The third-order valence-electron chi connectivity index (χ3n) is 2.29. The van der Waals surface area contributed by atoms with Gasteiger partial charge in [-0.1, -0.05) is 6.07 Å². The van der Waals surface area contributed by atoms with Crippen LogP contribution in [0.2, 0.25) is 0 Å². The second-order valence-corrected chi connectivity index (χ2v) is 3.93. The number of carboxylic acids is 1. The Morgan fingerprint density at radius 3 is 2.22 bits per heavy atom. The number of ketones is 1. The van der Waals surface area contributed by atoms with Crippen molar-refractivity contribution in [2.75, 3.05) is 0 Å². The van der Waals surface area contributed by atoms with Crippen LogP contribution in [0.1, 0.15) is 36.1 Å². The van der Waals surface area contributed by atoms with E-state index in [4.69, 9.17) is 5.11 Å². The quantitative estimate of drug-likeness (QED) is 0.845. The van der Waals surface area contributed by atoms with Gasteiger partial charge in [-0.3, -0.25) is 4.79 Å². The van der Waals surface area contributed by atoms with E-state index < -0.39 is 24.1 Å². The number of carboxylic acid groups (broad SMARTS) is 1. The molecule has 2 N–H and O–H groups in total. The average molecular weight is 258 g/mol. The maximum absolute atomic E-state index is 12.6. The van der Waals surface area contributed by atoms with Crippen molar-refractivity contribution < 1.29 is 28.6 Å². The molecule has 0 amide bonds. The number of aliphatic carboxylic acids is 1. The molecule has 0 spiro atoms. The van der Waals surface area contributed by atoms with Crippen molar-refractivity contribution >= 4 is 11.8 Å². The lowest BCUT2D eigenvalue weighted by Gasteiger charge is -2.11. The molecule has 1 aromatic carbocycles. The highest BCUT2D eigenvalue weighted by molar-refractivity contribution is 5.79. The monoisotopic (exact) mass is 258 g/mol. The zero-order valence-electron chi connectivity index (χ0n) is 9.56. The van der Waals surface area contributed by atoms with Crippen molar-refractivity contribution in [1.82, 2.24) is 0 Å². The van der Waals surface area contributed by atoms with Gasteiger partial charge in [0.2, 0.25) is 0 Å². The van der Waals surface area contributed by atoms with Crippen molar-refractivity contribution in [2.24, 2.45) is 0 Å². The molecule has 0 aliphatic rings. The van der Waals surface area contributed by atoms with E-state index in [9.17, 15) is 23.5 Å². The highest BCUT2D eigenvalue weighted by Gasteiger charge is 2.19. The van der Waals surface area contributed by atoms with E-state index in [0.717, 1.165) is 12.1 Å². The first-order valence-electron chi connectivity index (χ1n) is 5.13. The van der Waals surface area contributed by atoms with Crippen LogP contribution in [0, 0.1) is 0 Å². The van der Waals surface area contributed by atoms with Crippen LogP contribution in [-0.4, -0.2) is 22.0 Å². The Morgan fingerprint density at radius 1 is 1.22 bits per heavy atom. The number of halogens is 2. The Bertz CT molecular complexity index is 471. The Kier molecular flexibility index (Phi) is 4.49. The smallest absolute Gasteiger partial charge is 0.337 e. The standard InChI is InChI=1S/C12H12F2O4/c1-6(15)2-7-3-8(10(16)12(17)18)5-9(4-7)11(13)14/h3-5,10-11,16H,2H2,1H3,(H,17,18). The molecule has 4 nitrogen and oxygen atoms in total. The number of rotatable bonds is 5. The van der Waals surface area contributed by atoms with Crippen LogP contribution in [0.3, 0.4) is 0 Å². The van der Waals surface area contributed by atoms with Crippen LogP contribution in [0.4, 0.5) is 8.78 Å². The third-order valence-corrected chi connectivity index (χ3v) is 2.29. The summed E-state index contributed by atoms with van der Waals surface area (Å²) in [4.78, 5) is 21.6. The van der Waals surface area contributed by atoms with E-state index >= 15 is 0 Å². The Balaban J connectivity index is 3.21. The molecule has 0 aliphatic carbocycles. The van der Waals surface area contributed by atoms with E-state index in [2.05, 4.69) is 0 Å². The van der Waals surface area contributed by atoms with Gasteiger partial charge in [0.25, 0.3) is 6.43 Å². The van der Waals surface area contributed by atoms with E-state index in [0.29, 0.717) is 0 Å². The van der Waals surface area contributed by atoms with Gasteiger partial charge < -0.3 is 10.2 Å². The molecule has 6 heteroatoms. The van der Waals surface area contributed by atoms with E-state index in [1.165, 1.54) is 13.0 Å². The number of hydrogen-bond acceptors (Lipinski definition) is 3. The molecule has 18 heavy (non-hydrogen) atoms. The number of hydrogen-bond donors (Lipinski definition) is 2. The fraction of sp³-hybridized carbons (Fsp3) is 0.333. The van der Waals surface area contributed by atoms with E-state index in [1.54, 1.807) is 0 Å². The summed E-state index contributed by atoms with van der Waals surface area (Å²) >= 11 is 0. The van der Waals surface area contributed by atoms with Crippen LogP contribution in [0.5, 0.6) is 0 Å². The first-order valence-corrected chi connectivity index (χ1v) is 5.13. The SMILES string of the molecule is CC(=O)Cc1cc(C(F)F)cc(C(O)C(=O)O)c1. The van der Waals surface area contributed by atoms with Gasteiger partial charge in [0, 0.05) is 12.0 Å². The number of aliphatic hydroxyl groups is 1. The molecule has 0 heterocycles. The number of carbonyl (C=O) groups excluding carboxylic acids is 1. The molecular weight excluding hydrogens is 246 g/mol. The van der Waals surface area contributed by atoms with Crippen molar-refractivity contribution in [3.05, 3.63) is 34.9 Å². The summed E-state index contributed by atoms with van der Waals surface area (Å²) in [6, 6.07) is 3.29. The van der Waals surface area contributed by atoms with Crippen molar-refractivity contribution in [1.29, 1.82) is 0 Å². The third kappa shape index (κ3) is 3.59. The van der Waals surface area contributed by atoms with Gasteiger partial charge in [-0.2, -0.15) is 0 Å². The van der Waals surface area contributed by atoms with Gasteiger partial charge in [0.05, 0.1) is 0 Å². The zero-order chi connectivity index (χ0) is 13.9. The molecule has 0 bridgehead atoms. The van der Waals surface area contributed by atoms with Gasteiger partial charge in [0.15, 0.2) is 6.10 Å².